The van der Waals surface area contributed by atoms with Crippen LogP contribution in [0, 0.1) is 22.6 Å². The van der Waals surface area contributed by atoms with Crippen molar-refractivity contribution in [1.29, 1.82) is 0 Å². The molecule has 0 aromatic heterocycles. The number of halogens is 1. The SMILES string of the molecule is COCCNC(=O)CC[C@]12CC[C@](C)(O)C[C@H]1C(C)(C)C[C@@H]2NC(=O)c1cccc(F)c1. The van der Waals surface area contributed by atoms with Crippen LogP contribution < -0.4 is 10.6 Å². The number of aliphatic hydroxyl groups is 1. The Labute approximate surface area is 190 Å². The molecule has 3 rings (SSSR count). The lowest BCUT2D eigenvalue weighted by molar-refractivity contribution is -0.123. The van der Waals surface area contributed by atoms with E-state index in [-0.39, 0.29) is 34.6 Å². The van der Waals surface area contributed by atoms with Gasteiger partial charge in [0.1, 0.15) is 5.82 Å². The average Bonchev–Trinajstić information content (AvgIpc) is 2.92. The van der Waals surface area contributed by atoms with Crippen LogP contribution in [0.15, 0.2) is 24.3 Å². The van der Waals surface area contributed by atoms with Crippen LogP contribution in [0.25, 0.3) is 0 Å². The first-order chi connectivity index (χ1) is 15.0. The molecular formula is C25H37FN2O4. The Balaban J connectivity index is 1.83. The molecule has 0 aliphatic heterocycles. The van der Waals surface area contributed by atoms with Gasteiger partial charge in [-0.1, -0.05) is 19.9 Å². The van der Waals surface area contributed by atoms with Crippen molar-refractivity contribution in [3.63, 3.8) is 0 Å². The quantitative estimate of drug-likeness (QED) is 0.532. The Morgan fingerprint density at radius 1 is 1.22 bits per heavy atom. The Hall–Kier alpha value is -1.99. The van der Waals surface area contributed by atoms with Gasteiger partial charge < -0.3 is 20.5 Å². The summed E-state index contributed by atoms with van der Waals surface area (Å²) >= 11 is 0. The number of nitrogens with one attached hydrogen (secondary N) is 2. The lowest BCUT2D eigenvalue weighted by Crippen LogP contribution is -2.52. The Bertz CT molecular complexity index is 841. The number of carbonyl (C=O) groups excluding carboxylic acids is 2. The first kappa shape index (κ1) is 24.6. The predicted octanol–water partition coefficient (Wildman–Crippen LogP) is 3.43. The van der Waals surface area contributed by atoms with Crippen LogP contribution in [0.2, 0.25) is 0 Å². The summed E-state index contributed by atoms with van der Waals surface area (Å²) in [6.07, 6.45) is 3.72. The summed E-state index contributed by atoms with van der Waals surface area (Å²) in [6.45, 7) is 7.16. The van der Waals surface area contributed by atoms with Gasteiger partial charge in [0, 0.05) is 31.7 Å². The molecule has 1 aromatic rings. The highest BCUT2D eigenvalue weighted by atomic mass is 19.1. The Morgan fingerprint density at radius 2 is 1.97 bits per heavy atom. The molecule has 2 aliphatic rings. The highest BCUT2D eigenvalue weighted by Gasteiger charge is 2.61. The van der Waals surface area contributed by atoms with E-state index in [1.807, 2.05) is 6.92 Å². The number of rotatable bonds is 8. The van der Waals surface area contributed by atoms with Gasteiger partial charge in [0.05, 0.1) is 12.2 Å². The summed E-state index contributed by atoms with van der Waals surface area (Å²) in [7, 11) is 1.59. The van der Waals surface area contributed by atoms with Crippen molar-refractivity contribution >= 4 is 11.8 Å². The molecule has 2 fully saturated rings. The molecule has 0 radical (unpaired) electrons. The molecule has 0 bridgehead atoms. The van der Waals surface area contributed by atoms with Crippen molar-refractivity contribution in [2.75, 3.05) is 20.3 Å². The van der Waals surface area contributed by atoms with Crippen LogP contribution in [0.4, 0.5) is 4.39 Å². The molecule has 7 heteroatoms. The minimum Gasteiger partial charge on any atom is -0.390 e. The number of hydrogen-bond donors (Lipinski definition) is 3. The molecule has 2 amide bonds. The van der Waals surface area contributed by atoms with Gasteiger partial charge in [0.2, 0.25) is 5.91 Å². The summed E-state index contributed by atoms with van der Waals surface area (Å²) < 4.78 is 18.7. The lowest BCUT2D eigenvalue weighted by Gasteiger charge is -2.50. The van der Waals surface area contributed by atoms with E-state index in [1.54, 1.807) is 13.2 Å². The maximum Gasteiger partial charge on any atom is 0.251 e. The molecular weight excluding hydrogens is 411 g/mol. The first-order valence-corrected chi connectivity index (χ1v) is 11.5. The second kappa shape index (κ2) is 9.48. The maximum absolute atomic E-state index is 13.7. The van der Waals surface area contributed by atoms with Crippen LogP contribution in [0.1, 0.15) is 69.7 Å². The van der Waals surface area contributed by atoms with Gasteiger partial charge >= 0.3 is 0 Å². The van der Waals surface area contributed by atoms with E-state index in [1.165, 1.54) is 18.2 Å². The fraction of sp³-hybridized carbons (Fsp3) is 0.680. The predicted molar refractivity (Wildman–Crippen MR) is 121 cm³/mol. The van der Waals surface area contributed by atoms with E-state index < -0.39 is 11.4 Å². The average molecular weight is 449 g/mol. The zero-order valence-electron chi connectivity index (χ0n) is 19.7. The smallest absolute Gasteiger partial charge is 0.251 e. The van der Waals surface area contributed by atoms with E-state index in [4.69, 9.17) is 4.74 Å². The van der Waals surface area contributed by atoms with Crippen molar-refractivity contribution < 1.29 is 23.8 Å². The number of hydrogen-bond acceptors (Lipinski definition) is 4. The summed E-state index contributed by atoms with van der Waals surface area (Å²) in [5.41, 5.74) is -0.876. The Morgan fingerprint density at radius 3 is 2.66 bits per heavy atom. The van der Waals surface area contributed by atoms with Crippen LogP contribution in [-0.2, 0) is 9.53 Å². The van der Waals surface area contributed by atoms with Crippen molar-refractivity contribution in [1.82, 2.24) is 10.6 Å². The number of ether oxygens (including phenoxy) is 1. The van der Waals surface area contributed by atoms with Crippen molar-refractivity contribution in [2.24, 2.45) is 16.7 Å². The van der Waals surface area contributed by atoms with Gasteiger partial charge in [0.25, 0.3) is 5.91 Å². The summed E-state index contributed by atoms with van der Waals surface area (Å²) in [4.78, 5) is 25.5. The highest BCUT2D eigenvalue weighted by Crippen LogP contribution is 2.63. The monoisotopic (exact) mass is 448 g/mol. The molecule has 6 nitrogen and oxygen atoms in total. The molecule has 1 aromatic carbocycles. The number of carbonyl (C=O) groups is 2. The van der Waals surface area contributed by atoms with Crippen LogP contribution >= 0.6 is 0 Å². The van der Waals surface area contributed by atoms with Gasteiger partial charge in [-0.25, -0.2) is 4.39 Å². The Kier molecular flexibility index (Phi) is 7.30. The fourth-order valence-corrected chi connectivity index (χ4v) is 6.03. The zero-order valence-corrected chi connectivity index (χ0v) is 19.7. The largest absolute Gasteiger partial charge is 0.390 e. The van der Waals surface area contributed by atoms with Crippen LogP contribution in [0.5, 0.6) is 0 Å². The van der Waals surface area contributed by atoms with Gasteiger partial charge in [-0.3, -0.25) is 9.59 Å². The van der Waals surface area contributed by atoms with Crippen molar-refractivity contribution in [3.8, 4) is 0 Å². The van der Waals surface area contributed by atoms with E-state index in [9.17, 15) is 19.1 Å². The standard InChI is InChI=1S/C25H37FN2O4/c1-23(2)16-20(28-22(30)17-6-5-7-18(26)14-17)25(9-8-21(29)27-12-13-32-4)11-10-24(3,31)15-19(23)25/h5-7,14,19-20,31H,8-13,15-16H2,1-4H3,(H,27,29)(H,28,30)/t19-,20-,24-,25-/m0/s1. The first-order valence-electron chi connectivity index (χ1n) is 11.5. The van der Waals surface area contributed by atoms with E-state index in [0.29, 0.717) is 44.4 Å². The van der Waals surface area contributed by atoms with Crippen molar-refractivity contribution in [2.45, 2.75) is 70.9 Å². The third kappa shape index (κ3) is 5.31. The van der Waals surface area contributed by atoms with E-state index in [0.717, 1.165) is 12.8 Å². The maximum atomic E-state index is 13.7. The highest BCUT2D eigenvalue weighted by molar-refractivity contribution is 5.94. The third-order valence-electron chi connectivity index (χ3n) is 7.67. The van der Waals surface area contributed by atoms with Crippen LogP contribution in [0.3, 0.4) is 0 Å². The fourth-order valence-electron chi connectivity index (χ4n) is 6.03. The van der Waals surface area contributed by atoms with Gasteiger partial charge in [-0.2, -0.15) is 0 Å². The molecule has 2 saturated carbocycles. The molecule has 0 saturated heterocycles. The number of fused-ring (bicyclic) bond motifs is 1. The molecule has 178 valence electrons. The number of amides is 2. The van der Waals surface area contributed by atoms with Gasteiger partial charge in [-0.15, -0.1) is 0 Å². The topological polar surface area (TPSA) is 87.7 Å². The van der Waals surface area contributed by atoms with Gasteiger partial charge in [0.15, 0.2) is 0 Å². The summed E-state index contributed by atoms with van der Waals surface area (Å²) in [6, 6.07) is 5.55. The number of benzene rings is 1. The third-order valence-corrected chi connectivity index (χ3v) is 7.67. The molecule has 3 N–H and O–H groups in total. The molecule has 32 heavy (non-hydrogen) atoms. The van der Waals surface area contributed by atoms with Crippen molar-refractivity contribution in [3.05, 3.63) is 35.6 Å². The molecule has 0 unspecified atom stereocenters. The number of methoxy groups -OCH3 is 1. The minimum atomic E-state index is -0.756. The second-order valence-electron chi connectivity index (χ2n) is 10.6. The zero-order chi connectivity index (χ0) is 23.6. The molecule has 0 heterocycles. The minimum absolute atomic E-state index is 0.0348. The van der Waals surface area contributed by atoms with E-state index in [2.05, 4.69) is 24.5 Å². The van der Waals surface area contributed by atoms with E-state index >= 15 is 0 Å². The summed E-state index contributed by atoms with van der Waals surface area (Å²) in [5, 5.41) is 16.9. The molecule has 0 spiro atoms. The lowest BCUT2D eigenvalue weighted by atomic mass is 9.57. The normalized spacial score (nSPS) is 31.1. The second-order valence-corrected chi connectivity index (χ2v) is 10.6. The summed E-state index contributed by atoms with van der Waals surface area (Å²) in [5.74, 6) is -0.624. The molecule has 2 aliphatic carbocycles. The van der Waals surface area contributed by atoms with Crippen LogP contribution in [-0.4, -0.2) is 48.8 Å². The van der Waals surface area contributed by atoms with Gasteiger partial charge in [-0.05, 0) is 74.0 Å². The molecule has 4 atom stereocenters.